The summed E-state index contributed by atoms with van der Waals surface area (Å²) in [6.07, 6.45) is 0. The zero-order chi connectivity index (χ0) is 19.7. The van der Waals surface area contributed by atoms with E-state index in [0.717, 1.165) is 10.9 Å². The van der Waals surface area contributed by atoms with Crippen LogP contribution in [0, 0.1) is 0 Å². The van der Waals surface area contributed by atoms with Crippen molar-refractivity contribution in [1.29, 1.82) is 0 Å². The van der Waals surface area contributed by atoms with Crippen molar-refractivity contribution in [3.05, 3.63) is 65.5 Å². The van der Waals surface area contributed by atoms with Crippen molar-refractivity contribution >= 4 is 34.1 Å². The lowest BCUT2D eigenvalue weighted by Crippen LogP contribution is -2.19. The first-order chi connectivity index (χ1) is 13.5. The number of fused-ring (bicyclic) bond motifs is 1. The van der Waals surface area contributed by atoms with Crippen molar-refractivity contribution in [2.75, 3.05) is 5.32 Å². The minimum atomic E-state index is -0.173. The fourth-order valence-electron chi connectivity index (χ4n) is 3.04. The van der Waals surface area contributed by atoms with Gasteiger partial charge in [0.05, 0.1) is 0 Å². The van der Waals surface area contributed by atoms with Gasteiger partial charge in [-0.25, -0.2) is 0 Å². The summed E-state index contributed by atoms with van der Waals surface area (Å²) in [5.41, 5.74) is 2.28. The Morgan fingerprint density at radius 2 is 1.96 bits per heavy atom. The first-order valence-electron chi connectivity index (χ1n) is 8.99. The van der Waals surface area contributed by atoms with E-state index in [2.05, 4.69) is 15.5 Å². The monoisotopic (exact) mass is 394 g/mol. The van der Waals surface area contributed by atoms with Gasteiger partial charge >= 0.3 is 0 Å². The van der Waals surface area contributed by atoms with Crippen LogP contribution in [0.15, 0.2) is 59.0 Å². The number of rotatable bonds is 5. The molecule has 0 aliphatic heterocycles. The van der Waals surface area contributed by atoms with Gasteiger partial charge in [0.2, 0.25) is 11.8 Å². The number of anilines is 1. The molecule has 0 saturated carbocycles. The van der Waals surface area contributed by atoms with Gasteiger partial charge in [-0.3, -0.25) is 4.79 Å². The van der Waals surface area contributed by atoms with Crippen LogP contribution in [-0.2, 0) is 11.3 Å². The van der Waals surface area contributed by atoms with Gasteiger partial charge in [-0.1, -0.05) is 49.7 Å². The number of nitrogens with one attached hydrogen (secondary N) is 1. The Hall–Kier alpha value is -3.12. The summed E-state index contributed by atoms with van der Waals surface area (Å²) in [4.78, 5) is 12.7. The number of carbonyl (C=O) groups is 1. The van der Waals surface area contributed by atoms with Crippen LogP contribution in [0.5, 0.6) is 0 Å². The van der Waals surface area contributed by atoms with E-state index in [1.807, 2.05) is 48.7 Å². The lowest BCUT2D eigenvalue weighted by atomic mass is 10.2. The Kier molecular flexibility index (Phi) is 4.88. The van der Waals surface area contributed by atoms with Gasteiger partial charge in [0.1, 0.15) is 12.2 Å². The molecule has 0 atom stereocenters. The smallest absolute Gasteiger partial charge is 0.264 e. The van der Waals surface area contributed by atoms with Gasteiger partial charge in [-0.15, -0.1) is 10.2 Å². The predicted molar refractivity (Wildman–Crippen MR) is 109 cm³/mol. The van der Waals surface area contributed by atoms with Gasteiger partial charge in [0.25, 0.3) is 5.89 Å². The molecule has 4 rings (SSSR count). The summed E-state index contributed by atoms with van der Waals surface area (Å²) >= 11 is 6.00. The van der Waals surface area contributed by atoms with Crippen molar-refractivity contribution in [2.24, 2.45) is 0 Å². The third kappa shape index (κ3) is 3.64. The highest BCUT2D eigenvalue weighted by atomic mass is 35.5. The van der Waals surface area contributed by atoms with Gasteiger partial charge in [-0.2, -0.15) is 0 Å². The molecule has 142 valence electrons. The molecule has 2 heterocycles. The Morgan fingerprint density at radius 1 is 1.14 bits per heavy atom. The van der Waals surface area contributed by atoms with E-state index in [9.17, 15) is 4.79 Å². The first kappa shape index (κ1) is 18.3. The maximum absolute atomic E-state index is 12.7. The summed E-state index contributed by atoms with van der Waals surface area (Å²) in [6, 6.07) is 16.9. The average Bonchev–Trinajstić information content (AvgIpc) is 3.27. The number of hydrogen-bond donors (Lipinski definition) is 1. The van der Waals surface area contributed by atoms with Gasteiger partial charge < -0.3 is 14.3 Å². The van der Waals surface area contributed by atoms with Crippen LogP contribution in [0.25, 0.3) is 22.5 Å². The van der Waals surface area contributed by atoms with Crippen molar-refractivity contribution in [1.82, 2.24) is 14.8 Å². The predicted octanol–water partition coefficient (Wildman–Crippen LogP) is 5.11. The second-order valence-corrected chi connectivity index (χ2v) is 7.27. The van der Waals surface area contributed by atoms with E-state index in [4.69, 9.17) is 16.0 Å². The second-order valence-electron chi connectivity index (χ2n) is 6.83. The molecule has 4 aromatic rings. The highest BCUT2D eigenvalue weighted by molar-refractivity contribution is 6.30. The minimum Gasteiger partial charge on any atom is -0.419 e. The molecule has 0 radical (unpaired) electrons. The quantitative estimate of drug-likeness (QED) is 0.510. The van der Waals surface area contributed by atoms with Crippen molar-refractivity contribution in [3.8, 4) is 11.6 Å². The summed E-state index contributed by atoms with van der Waals surface area (Å²) in [5, 5.41) is 12.7. The molecule has 0 unspecified atom stereocenters. The van der Waals surface area contributed by atoms with Crippen LogP contribution in [-0.4, -0.2) is 20.7 Å². The molecule has 0 fully saturated rings. The summed E-state index contributed by atoms with van der Waals surface area (Å²) < 4.78 is 7.71. The number of halogens is 1. The third-order valence-electron chi connectivity index (χ3n) is 4.37. The molecule has 0 aliphatic carbocycles. The molecular weight excluding hydrogens is 376 g/mol. The highest BCUT2D eigenvalue weighted by Gasteiger charge is 2.19. The highest BCUT2D eigenvalue weighted by Crippen LogP contribution is 2.29. The maximum atomic E-state index is 12.7. The Balaban J connectivity index is 1.69. The lowest BCUT2D eigenvalue weighted by Gasteiger charge is -2.10. The Bertz CT molecular complexity index is 1150. The fraction of sp³-hybridized carbons (Fsp3) is 0.190. The summed E-state index contributed by atoms with van der Waals surface area (Å²) in [7, 11) is 0. The van der Waals surface area contributed by atoms with E-state index in [1.165, 1.54) is 0 Å². The topological polar surface area (TPSA) is 73.0 Å². The molecule has 2 aromatic carbocycles. The van der Waals surface area contributed by atoms with E-state index in [-0.39, 0.29) is 18.4 Å². The van der Waals surface area contributed by atoms with Crippen LogP contribution < -0.4 is 5.32 Å². The fourth-order valence-corrected chi connectivity index (χ4v) is 3.23. The second kappa shape index (κ2) is 7.48. The van der Waals surface area contributed by atoms with Crippen molar-refractivity contribution in [3.63, 3.8) is 0 Å². The van der Waals surface area contributed by atoms with Gasteiger partial charge in [0.15, 0.2) is 0 Å². The molecule has 0 aliphatic rings. The molecule has 1 amide bonds. The third-order valence-corrected chi connectivity index (χ3v) is 4.61. The number of hydrogen-bond acceptors (Lipinski definition) is 4. The van der Waals surface area contributed by atoms with Crippen LogP contribution in [0.3, 0.4) is 0 Å². The molecule has 6 nitrogen and oxygen atoms in total. The first-order valence-corrected chi connectivity index (χ1v) is 9.36. The molecular formula is C21H19ClN4O2. The Morgan fingerprint density at radius 3 is 2.71 bits per heavy atom. The van der Waals surface area contributed by atoms with Crippen molar-refractivity contribution in [2.45, 2.75) is 26.3 Å². The zero-order valence-electron chi connectivity index (χ0n) is 15.5. The summed E-state index contributed by atoms with van der Waals surface area (Å²) in [5.74, 6) is 0.921. The van der Waals surface area contributed by atoms with Gasteiger partial charge in [-0.05, 0) is 30.3 Å². The molecule has 2 aromatic heterocycles. The van der Waals surface area contributed by atoms with Crippen LogP contribution in [0.2, 0.25) is 5.02 Å². The van der Waals surface area contributed by atoms with E-state index in [1.54, 1.807) is 24.3 Å². The number of para-hydroxylation sites is 1. The molecule has 7 heteroatoms. The number of amides is 1. The van der Waals surface area contributed by atoms with Crippen LogP contribution >= 0.6 is 11.6 Å². The number of carbonyl (C=O) groups excluding carboxylic acids is 1. The molecule has 0 spiro atoms. The normalized spacial score (nSPS) is 11.3. The van der Waals surface area contributed by atoms with Crippen LogP contribution in [0.1, 0.15) is 25.7 Å². The number of nitrogens with zero attached hydrogens (tertiary/aromatic N) is 3. The van der Waals surface area contributed by atoms with Crippen LogP contribution in [0.4, 0.5) is 5.69 Å². The average molecular weight is 395 g/mol. The van der Waals surface area contributed by atoms with E-state index >= 15 is 0 Å². The largest absolute Gasteiger partial charge is 0.419 e. The minimum absolute atomic E-state index is 0.106. The zero-order valence-corrected chi connectivity index (χ0v) is 16.3. The summed E-state index contributed by atoms with van der Waals surface area (Å²) in [6.45, 7) is 4.09. The van der Waals surface area contributed by atoms with E-state index in [0.29, 0.717) is 28.2 Å². The molecule has 1 N–H and O–H groups in total. The number of benzene rings is 2. The van der Waals surface area contributed by atoms with Crippen molar-refractivity contribution < 1.29 is 9.21 Å². The molecule has 0 saturated heterocycles. The molecule has 28 heavy (non-hydrogen) atoms. The van der Waals surface area contributed by atoms with Gasteiger partial charge in [0, 0.05) is 27.5 Å². The van der Waals surface area contributed by atoms with E-state index < -0.39 is 0 Å². The maximum Gasteiger partial charge on any atom is 0.264 e. The number of aromatic nitrogens is 3. The Labute approximate surface area is 167 Å². The SMILES string of the molecule is CC(C)c1nnc(-c2cc3ccccc3n2CC(=O)Nc2cccc(Cl)c2)o1. The standard InChI is InChI=1S/C21H19ClN4O2/c1-13(2)20-24-25-21(28-20)18-10-14-6-3-4-9-17(14)26(18)12-19(27)23-16-8-5-7-15(22)11-16/h3-11,13H,12H2,1-2H3,(H,23,27). The lowest BCUT2D eigenvalue weighted by molar-refractivity contribution is -0.116. The molecule has 0 bridgehead atoms.